The number of benzene rings is 2. The average Bonchev–Trinajstić information content (AvgIpc) is 2.77. The van der Waals surface area contributed by atoms with Crippen molar-refractivity contribution < 1.29 is 23.5 Å². The van der Waals surface area contributed by atoms with Gasteiger partial charge in [0.05, 0.1) is 5.69 Å². The van der Waals surface area contributed by atoms with E-state index in [2.05, 4.69) is 10.6 Å². The Morgan fingerprint density at radius 2 is 1.87 bits per heavy atom. The van der Waals surface area contributed by atoms with Gasteiger partial charge in [-0.1, -0.05) is 12.1 Å². The van der Waals surface area contributed by atoms with E-state index in [1.807, 2.05) is 0 Å². The summed E-state index contributed by atoms with van der Waals surface area (Å²) in [4.78, 5) is 38.4. The molecule has 0 spiro atoms. The van der Waals surface area contributed by atoms with Gasteiger partial charge in [-0.3, -0.25) is 9.59 Å². The van der Waals surface area contributed by atoms with Crippen LogP contribution in [0.2, 0.25) is 0 Å². The van der Waals surface area contributed by atoms with E-state index in [1.54, 1.807) is 35.2 Å². The predicted molar refractivity (Wildman–Crippen MR) is 108 cm³/mol. The number of ether oxygens (including phenoxy) is 1. The molecule has 2 heterocycles. The fraction of sp³-hybridized carbons (Fsp3) is 0.318. The molecule has 2 N–H and O–H groups in total. The lowest BCUT2D eigenvalue weighted by atomic mass is 9.88. The van der Waals surface area contributed by atoms with Gasteiger partial charge in [0.2, 0.25) is 0 Å². The number of urea groups is 1. The van der Waals surface area contributed by atoms with Crippen molar-refractivity contribution in [3.8, 4) is 5.75 Å². The minimum absolute atomic E-state index is 0.00370. The number of fused-ring (bicyclic) bond motifs is 1. The molecule has 0 radical (unpaired) electrons. The maximum Gasteiger partial charge on any atom is 0.317 e. The number of halogens is 1. The molecule has 2 aromatic rings. The molecule has 4 rings (SSSR count). The second kappa shape index (κ2) is 8.52. The van der Waals surface area contributed by atoms with E-state index in [4.69, 9.17) is 4.74 Å². The first-order valence-electron chi connectivity index (χ1n) is 9.88. The van der Waals surface area contributed by atoms with Crippen LogP contribution < -0.4 is 15.4 Å². The van der Waals surface area contributed by atoms with Crippen molar-refractivity contribution in [2.45, 2.75) is 19.4 Å². The van der Waals surface area contributed by atoms with Crippen molar-refractivity contribution in [1.82, 2.24) is 10.2 Å². The Bertz CT molecular complexity index is 969. The summed E-state index contributed by atoms with van der Waals surface area (Å²) in [7, 11) is 0. The van der Waals surface area contributed by atoms with Crippen LogP contribution >= 0.6 is 0 Å². The molecule has 0 atom stereocenters. The molecule has 1 fully saturated rings. The fourth-order valence-electron chi connectivity index (χ4n) is 3.71. The number of hydrogen-bond donors (Lipinski definition) is 2. The summed E-state index contributed by atoms with van der Waals surface area (Å²) in [5.41, 5.74) is 1.85. The quantitative estimate of drug-likeness (QED) is 0.758. The predicted octanol–water partition coefficient (Wildman–Crippen LogP) is 2.96. The van der Waals surface area contributed by atoms with Crippen LogP contribution in [0.3, 0.4) is 0 Å². The first-order valence-corrected chi connectivity index (χ1v) is 9.88. The molecule has 2 aliphatic heterocycles. The molecule has 7 nitrogen and oxygen atoms in total. The van der Waals surface area contributed by atoms with Crippen LogP contribution in [-0.4, -0.2) is 42.3 Å². The van der Waals surface area contributed by atoms with Crippen LogP contribution in [0.1, 0.15) is 28.8 Å². The number of piperidine rings is 1. The summed E-state index contributed by atoms with van der Waals surface area (Å²) in [6, 6.07) is 10.8. The molecule has 0 unspecified atom stereocenters. The molecular formula is C22H22FN3O4. The Morgan fingerprint density at radius 1 is 1.13 bits per heavy atom. The van der Waals surface area contributed by atoms with Gasteiger partial charge < -0.3 is 20.3 Å². The number of likely N-dealkylation sites (tertiary alicyclic amines) is 1. The summed E-state index contributed by atoms with van der Waals surface area (Å²) in [6.07, 6.45) is 1.14. The number of amides is 3. The first-order chi connectivity index (χ1) is 14.5. The number of carbonyl (C=O) groups is 3. The van der Waals surface area contributed by atoms with Gasteiger partial charge in [-0.15, -0.1) is 0 Å². The Morgan fingerprint density at radius 3 is 2.60 bits per heavy atom. The van der Waals surface area contributed by atoms with E-state index in [-0.39, 0.29) is 36.1 Å². The largest absolute Gasteiger partial charge is 0.482 e. The van der Waals surface area contributed by atoms with Crippen LogP contribution in [0.4, 0.5) is 14.9 Å². The van der Waals surface area contributed by atoms with Gasteiger partial charge in [-0.2, -0.15) is 0 Å². The Balaban J connectivity index is 1.30. The zero-order valence-corrected chi connectivity index (χ0v) is 16.3. The van der Waals surface area contributed by atoms with Crippen LogP contribution in [0.25, 0.3) is 0 Å². The summed E-state index contributed by atoms with van der Waals surface area (Å²) in [5, 5.41) is 5.54. The standard InChI is InChI=1S/C22H22FN3O4/c23-17-4-1-14(2-5-17)12-24-22(29)26-9-7-15(8-10-26)21(28)16-3-6-19-18(11-16)25-20(27)13-30-19/h1-6,11,15H,7-10,12-13H2,(H,24,29)(H,25,27). The third kappa shape index (κ3) is 4.42. The van der Waals surface area contributed by atoms with E-state index in [0.717, 1.165) is 5.56 Å². The highest BCUT2D eigenvalue weighted by atomic mass is 19.1. The lowest BCUT2D eigenvalue weighted by molar-refractivity contribution is -0.118. The highest BCUT2D eigenvalue weighted by molar-refractivity contribution is 6.01. The van der Waals surface area contributed by atoms with Crippen LogP contribution in [-0.2, 0) is 11.3 Å². The zero-order chi connectivity index (χ0) is 21.1. The van der Waals surface area contributed by atoms with E-state index < -0.39 is 0 Å². The number of nitrogens with one attached hydrogen (secondary N) is 2. The Hall–Kier alpha value is -3.42. The SMILES string of the molecule is O=C1COc2ccc(C(=O)C3CCN(C(=O)NCc4ccc(F)cc4)CC3)cc2N1. The van der Waals surface area contributed by atoms with Crippen molar-refractivity contribution in [2.75, 3.05) is 25.0 Å². The number of carbonyl (C=O) groups excluding carboxylic acids is 3. The summed E-state index contributed by atoms with van der Waals surface area (Å²) >= 11 is 0. The molecule has 0 aliphatic carbocycles. The molecule has 2 aliphatic rings. The topological polar surface area (TPSA) is 87.7 Å². The lowest BCUT2D eigenvalue weighted by Crippen LogP contribution is -2.45. The van der Waals surface area contributed by atoms with Gasteiger partial charge in [-0.05, 0) is 48.7 Å². The summed E-state index contributed by atoms with van der Waals surface area (Å²) < 4.78 is 18.3. The monoisotopic (exact) mass is 411 g/mol. The molecule has 0 aromatic heterocycles. The Kier molecular flexibility index (Phi) is 5.65. The van der Waals surface area contributed by atoms with Crippen LogP contribution in [0.5, 0.6) is 5.75 Å². The summed E-state index contributed by atoms with van der Waals surface area (Å²) in [6.45, 7) is 1.26. The van der Waals surface area contributed by atoms with Crippen LogP contribution in [0, 0.1) is 11.7 Å². The number of rotatable bonds is 4. The van der Waals surface area contributed by atoms with Crippen molar-refractivity contribution in [3.05, 3.63) is 59.4 Å². The van der Waals surface area contributed by atoms with Crippen molar-refractivity contribution in [3.63, 3.8) is 0 Å². The zero-order valence-electron chi connectivity index (χ0n) is 16.3. The number of anilines is 1. The van der Waals surface area contributed by atoms with Gasteiger partial charge >= 0.3 is 6.03 Å². The highest BCUT2D eigenvalue weighted by Crippen LogP contribution is 2.30. The Labute approximate surface area is 173 Å². The number of ketones is 1. The second-order valence-electron chi connectivity index (χ2n) is 7.46. The molecule has 0 saturated carbocycles. The molecule has 8 heteroatoms. The van der Waals surface area contributed by atoms with Crippen molar-refractivity contribution in [2.24, 2.45) is 5.92 Å². The van der Waals surface area contributed by atoms with Crippen molar-refractivity contribution in [1.29, 1.82) is 0 Å². The molecule has 3 amide bonds. The number of nitrogens with zero attached hydrogens (tertiary/aromatic N) is 1. The highest BCUT2D eigenvalue weighted by Gasteiger charge is 2.29. The van der Waals surface area contributed by atoms with Gasteiger partial charge in [0.25, 0.3) is 5.91 Å². The number of Topliss-reactive ketones (excluding diaryl/α,β-unsaturated/α-hetero) is 1. The molecule has 0 bridgehead atoms. The number of hydrogen-bond acceptors (Lipinski definition) is 4. The van der Waals surface area contributed by atoms with Gasteiger partial charge in [0.15, 0.2) is 12.4 Å². The maximum absolute atomic E-state index is 13.0. The van der Waals surface area contributed by atoms with Gasteiger partial charge in [-0.25, -0.2) is 9.18 Å². The lowest BCUT2D eigenvalue weighted by Gasteiger charge is -2.31. The van der Waals surface area contributed by atoms with E-state index in [1.165, 1.54) is 12.1 Å². The summed E-state index contributed by atoms with van der Waals surface area (Å²) in [5.74, 6) is -0.176. The van der Waals surface area contributed by atoms with E-state index >= 15 is 0 Å². The second-order valence-corrected chi connectivity index (χ2v) is 7.46. The van der Waals surface area contributed by atoms with Crippen LogP contribution in [0.15, 0.2) is 42.5 Å². The molecule has 2 aromatic carbocycles. The minimum Gasteiger partial charge on any atom is -0.482 e. The van der Waals surface area contributed by atoms with Crippen molar-refractivity contribution >= 4 is 23.4 Å². The first kappa shape index (κ1) is 19.9. The molecular weight excluding hydrogens is 389 g/mol. The minimum atomic E-state index is -0.314. The third-order valence-corrected chi connectivity index (χ3v) is 5.41. The average molecular weight is 411 g/mol. The van der Waals surface area contributed by atoms with Gasteiger partial charge in [0, 0.05) is 31.1 Å². The molecule has 1 saturated heterocycles. The fourth-order valence-corrected chi connectivity index (χ4v) is 3.71. The van der Waals surface area contributed by atoms with E-state index in [9.17, 15) is 18.8 Å². The smallest absolute Gasteiger partial charge is 0.317 e. The molecule has 30 heavy (non-hydrogen) atoms. The third-order valence-electron chi connectivity index (χ3n) is 5.41. The van der Waals surface area contributed by atoms with E-state index in [0.29, 0.717) is 49.5 Å². The molecule has 156 valence electrons. The van der Waals surface area contributed by atoms with Gasteiger partial charge in [0.1, 0.15) is 11.6 Å². The normalized spacial score (nSPS) is 16.3. The maximum atomic E-state index is 13.0.